The minimum atomic E-state index is 0.223. The highest BCUT2D eigenvalue weighted by molar-refractivity contribution is 7.10. The molecule has 3 heteroatoms. The summed E-state index contributed by atoms with van der Waals surface area (Å²) in [6.45, 7) is 2.02. The molecule has 0 aromatic carbocycles. The maximum atomic E-state index is 11.8. The quantitative estimate of drug-likeness (QED) is 0.756. The Bertz CT molecular complexity index is 476. The first-order valence-electron chi connectivity index (χ1n) is 5.23. The molecule has 82 valence electrons. The van der Waals surface area contributed by atoms with E-state index in [2.05, 4.69) is 4.98 Å². The Hall–Kier alpha value is -1.48. The van der Waals surface area contributed by atoms with Crippen molar-refractivity contribution in [2.75, 3.05) is 0 Å². The van der Waals surface area contributed by atoms with Gasteiger partial charge in [0, 0.05) is 34.6 Å². The van der Waals surface area contributed by atoms with Crippen LogP contribution >= 0.6 is 11.3 Å². The van der Waals surface area contributed by atoms with E-state index in [1.165, 1.54) is 4.88 Å². The number of hydrogen-bond acceptors (Lipinski definition) is 3. The van der Waals surface area contributed by atoms with E-state index in [4.69, 9.17) is 0 Å². The molecule has 0 spiro atoms. The lowest BCUT2D eigenvalue weighted by atomic mass is 10.1. The molecule has 0 saturated heterocycles. The van der Waals surface area contributed by atoms with Gasteiger partial charge in [0.15, 0.2) is 5.78 Å². The Morgan fingerprint density at radius 1 is 1.38 bits per heavy atom. The van der Waals surface area contributed by atoms with Gasteiger partial charge in [-0.1, -0.05) is 0 Å². The van der Waals surface area contributed by atoms with Crippen LogP contribution in [-0.2, 0) is 6.42 Å². The number of hydrogen-bond donors (Lipinski definition) is 0. The molecule has 0 unspecified atom stereocenters. The van der Waals surface area contributed by atoms with E-state index in [-0.39, 0.29) is 5.78 Å². The summed E-state index contributed by atoms with van der Waals surface area (Å²) in [5, 5.41) is 1.93. The fourth-order valence-corrected chi connectivity index (χ4v) is 2.25. The molecule has 0 aliphatic rings. The van der Waals surface area contributed by atoms with Crippen LogP contribution in [0.15, 0.2) is 36.0 Å². The van der Waals surface area contributed by atoms with Crippen molar-refractivity contribution in [1.82, 2.24) is 4.98 Å². The number of thiophene rings is 1. The lowest BCUT2D eigenvalue weighted by molar-refractivity contribution is 0.0983. The van der Waals surface area contributed by atoms with E-state index in [1.807, 2.05) is 30.5 Å². The standard InChI is InChI=1S/C13H13NOS/c1-10-8-12(9-16-10)13(15)3-2-11-4-6-14-7-5-11/h4-9H,2-3H2,1H3. The maximum Gasteiger partial charge on any atom is 0.164 e. The Morgan fingerprint density at radius 3 is 2.75 bits per heavy atom. The Balaban J connectivity index is 1.94. The highest BCUT2D eigenvalue weighted by atomic mass is 32.1. The second-order valence-electron chi connectivity index (χ2n) is 3.72. The molecule has 0 bridgehead atoms. The molecule has 0 atom stereocenters. The van der Waals surface area contributed by atoms with Gasteiger partial charge in [0.05, 0.1) is 0 Å². The van der Waals surface area contributed by atoms with E-state index in [0.29, 0.717) is 6.42 Å². The second-order valence-corrected chi connectivity index (χ2v) is 4.84. The van der Waals surface area contributed by atoms with E-state index >= 15 is 0 Å². The number of aromatic nitrogens is 1. The summed E-state index contributed by atoms with van der Waals surface area (Å²) in [6.07, 6.45) is 4.87. The van der Waals surface area contributed by atoms with Gasteiger partial charge in [0.25, 0.3) is 0 Å². The van der Waals surface area contributed by atoms with Crippen molar-refractivity contribution in [3.8, 4) is 0 Å². The minimum Gasteiger partial charge on any atom is -0.294 e. The molecule has 0 saturated carbocycles. The fraction of sp³-hybridized carbons (Fsp3) is 0.231. The lowest BCUT2D eigenvalue weighted by Gasteiger charge is -1.99. The number of Topliss-reactive ketones (excluding diaryl/α,β-unsaturated/α-hetero) is 1. The van der Waals surface area contributed by atoms with E-state index in [9.17, 15) is 4.79 Å². The number of aryl methyl sites for hydroxylation is 2. The third-order valence-corrected chi connectivity index (χ3v) is 3.30. The monoisotopic (exact) mass is 231 g/mol. The first-order chi connectivity index (χ1) is 7.75. The summed E-state index contributed by atoms with van der Waals surface area (Å²) in [4.78, 5) is 17.0. The number of pyridine rings is 1. The number of ketones is 1. The average molecular weight is 231 g/mol. The minimum absolute atomic E-state index is 0.223. The van der Waals surface area contributed by atoms with Crippen LogP contribution in [0.1, 0.15) is 27.2 Å². The summed E-state index contributed by atoms with van der Waals surface area (Å²) in [6, 6.07) is 5.86. The van der Waals surface area contributed by atoms with Crippen LogP contribution in [-0.4, -0.2) is 10.8 Å². The van der Waals surface area contributed by atoms with Crippen molar-refractivity contribution < 1.29 is 4.79 Å². The normalized spacial score (nSPS) is 10.3. The van der Waals surface area contributed by atoms with Gasteiger partial charge in [-0.05, 0) is 37.1 Å². The SMILES string of the molecule is Cc1cc(C(=O)CCc2ccncc2)cs1. The Kier molecular flexibility index (Phi) is 3.47. The molecule has 0 fully saturated rings. The topological polar surface area (TPSA) is 30.0 Å². The zero-order valence-corrected chi connectivity index (χ0v) is 9.96. The number of nitrogens with zero attached hydrogens (tertiary/aromatic N) is 1. The number of carbonyl (C=O) groups excluding carboxylic acids is 1. The van der Waals surface area contributed by atoms with Crippen LogP contribution in [0.4, 0.5) is 0 Å². The molecule has 2 nitrogen and oxygen atoms in total. The largest absolute Gasteiger partial charge is 0.294 e. The molecule has 0 aliphatic heterocycles. The molecule has 0 aliphatic carbocycles. The third kappa shape index (κ3) is 2.76. The van der Waals surface area contributed by atoms with Crippen molar-refractivity contribution in [2.45, 2.75) is 19.8 Å². The van der Waals surface area contributed by atoms with Gasteiger partial charge < -0.3 is 0 Å². The van der Waals surface area contributed by atoms with Crippen LogP contribution in [0.3, 0.4) is 0 Å². The molecule has 2 aromatic heterocycles. The first-order valence-corrected chi connectivity index (χ1v) is 6.11. The predicted octanol–water partition coefficient (Wildman–Crippen LogP) is 3.27. The van der Waals surface area contributed by atoms with Crippen LogP contribution < -0.4 is 0 Å². The molecular formula is C13H13NOS. The number of rotatable bonds is 4. The van der Waals surface area contributed by atoms with Gasteiger partial charge in [-0.2, -0.15) is 0 Å². The number of carbonyl (C=O) groups is 1. The predicted molar refractivity (Wildman–Crippen MR) is 65.9 cm³/mol. The van der Waals surface area contributed by atoms with Gasteiger partial charge in [-0.3, -0.25) is 9.78 Å². The van der Waals surface area contributed by atoms with Crippen LogP contribution in [0, 0.1) is 6.92 Å². The molecule has 2 rings (SSSR count). The summed E-state index contributed by atoms with van der Waals surface area (Å²) in [5.41, 5.74) is 2.01. The molecule has 0 radical (unpaired) electrons. The molecule has 2 aromatic rings. The summed E-state index contributed by atoms with van der Waals surface area (Å²) >= 11 is 1.62. The van der Waals surface area contributed by atoms with Gasteiger partial charge in [0.2, 0.25) is 0 Å². The summed E-state index contributed by atoms with van der Waals surface area (Å²) < 4.78 is 0. The highest BCUT2D eigenvalue weighted by Crippen LogP contribution is 2.15. The third-order valence-electron chi connectivity index (χ3n) is 2.44. The zero-order chi connectivity index (χ0) is 11.4. The molecular weight excluding hydrogens is 218 g/mol. The van der Waals surface area contributed by atoms with Crippen molar-refractivity contribution in [3.05, 3.63) is 52.0 Å². The van der Waals surface area contributed by atoms with Gasteiger partial charge in [-0.25, -0.2) is 0 Å². The summed E-state index contributed by atoms with van der Waals surface area (Å²) in [7, 11) is 0. The van der Waals surface area contributed by atoms with E-state index in [0.717, 1.165) is 17.5 Å². The van der Waals surface area contributed by atoms with Crippen molar-refractivity contribution in [2.24, 2.45) is 0 Å². The highest BCUT2D eigenvalue weighted by Gasteiger charge is 2.07. The Labute approximate surface area is 99.0 Å². The summed E-state index contributed by atoms with van der Waals surface area (Å²) in [5.74, 6) is 0.223. The van der Waals surface area contributed by atoms with Crippen molar-refractivity contribution >= 4 is 17.1 Å². The molecule has 0 N–H and O–H groups in total. The molecule has 0 amide bonds. The lowest BCUT2D eigenvalue weighted by Crippen LogP contribution is -1.99. The van der Waals surface area contributed by atoms with Crippen LogP contribution in [0.25, 0.3) is 0 Å². The van der Waals surface area contributed by atoms with Gasteiger partial charge in [-0.15, -0.1) is 11.3 Å². The molecule has 2 heterocycles. The smallest absolute Gasteiger partial charge is 0.164 e. The van der Waals surface area contributed by atoms with E-state index < -0.39 is 0 Å². The van der Waals surface area contributed by atoms with Crippen LogP contribution in [0.2, 0.25) is 0 Å². The van der Waals surface area contributed by atoms with E-state index in [1.54, 1.807) is 23.7 Å². The van der Waals surface area contributed by atoms with Crippen LogP contribution in [0.5, 0.6) is 0 Å². The average Bonchev–Trinajstić information content (AvgIpc) is 2.74. The van der Waals surface area contributed by atoms with Crippen molar-refractivity contribution in [3.63, 3.8) is 0 Å². The van der Waals surface area contributed by atoms with Crippen molar-refractivity contribution in [1.29, 1.82) is 0 Å². The first kappa shape index (κ1) is 11.0. The Morgan fingerprint density at radius 2 is 2.12 bits per heavy atom. The zero-order valence-electron chi connectivity index (χ0n) is 9.14. The second kappa shape index (κ2) is 5.03. The molecule has 16 heavy (non-hydrogen) atoms. The maximum absolute atomic E-state index is 11.8. The van der Waals surface area contributed by atoms with Gasteiger partial charge >= 0.3 is 0 Å². The van der Waals surface area contributed by atoms with Gasteiger partial charge in [0.1, 0.15) is 0 Å². The fourth-order valence-electron chi connectivity index (χ4n) is 1.54.